The van der Waals surface area contributed by atoms with E-state index in [1.165, 1.54) is 6.92 Å². The Morgan fingerprint density at radius 3 is 2.52 bits per heavy atom. The van der Waals surface area contributed by atoms with Gasteiger partial charge in [-0.2, -0.15) is 0 Å². The lowest BCUT2D eigenvalue weighted by Crippen LogP contribution is -2.31. The Hall–Kier alpha value is -3.28. The predicted molar refractivity (Wildman–Crippen MR) is 104 cm³/mol. The predicted octanol–water partition coefficient (Wildman–Crippen LogP) is 2.77. The van der Waals surface area contributed by atoms with E-state index in [-0.39, 0.29) is 11.7 Å². The molecule has 1 aliphatic carbocycles. The lowest BCUT2D eigenvalue weighted by molar-refractivity contribution is -0.114. The molecular formula is C21H21N3O3. The summed E-state index contributed by atoms with van der Waals surface area (Å²) in [6, 6.07) is 7.03. The molecule has 0 radical (unpaired) electrons. The van der Waals surface area contributed by atoms with E-state index in [1.54, 1.807) is 12.1 Å². The quantitative estimate of drug-likeness (QED) is 0.750. The first kappa shape index (κ1) is 17.1. The smallest absolute Gasteiger partial charge is 0.221 e. The fourth-order valence-electron chi connectivity index (χ4n) is 3.69. The fourth-order valence-corrected chi connectivity index (χ4v) is 3.69. The van der Waals surface area contributed by atoms with Crippen LogP contribution in [0.2, 0.25) is 0 Å². The van der Waals surface area contributed by atoms with E-state index in [0.717, 1.165) is 51.7 Å². The Morgan fingerprint density at radius 1 is 1.19 bits per heavy atom. The number of phenols is 1. The summed E-state index contributed by atoms with van der Waals surface area (Å²) < 4.78 is 7.51. The number of amides is 1. The second-order valence-electron chi connectivity index (χ2n) is 6.74. The molecule has 2 heterocycles. The van der Waals surface area contributed by atoms with Gasteiger partial charge >= 0.3 is 0 Å². The van der Waals surface area contributed by atoms with E-state index in [9.17, 15) is 9.90 Å². The molecule has 2 aromatic heterocycles. The molecule has 0 atom stereocenters. The molecule has 0 aliphatic heterocycles. The van der Waals surface area contributed by atoms with Crippen molar-refractivity contribution in [1.29, 1.82) is 0 Å². The van der Waals surface area contributed by atoms with Crippen molar-refractivity contribution in [2.45, 2.75) is 33.6 Å². The third kappa shape index (κ3) is 2.83. The molecule has 2 N–H and O–H groups in total. The van der Waals surface area contributed by atoms with Crippen LogP contribution in [0.5, 0.6) is 5.75 Å². The van der Waals surface area contributed by atoms with E-state index >= 15 is 0 Å². The average Bonchev–Trinajstić information content (AvgIpc) is 3.13. The SMILES string of the molecule is CC(=O)Nc1c(-c2c(C)noc2C)n(-c2ccc(O)cc2)c2c1=CCCC=2. The number of benzene rings is 1. The molecule has 1 amide bonds. The van der Waals surface area contributed by atoms with Crippen molar-refractivity contribution in [2.24, 2.45) is 0 Å². The van der Waals surface area contributed by atoms with Crippen molar-refractivity contribution in [3.05, 3.63) is 46.3 Å². The molecule has 0 saturated heterocycles. The third-order valence-corrected chi connectivity index (χ3v) is 4.78. The number of fused-ring (bicyclic) bond motifs is 1. The molecule has 1 aromatic carbocycles. The molecule has 6 nitrogen and oxygen atoms in total. The summed E-state index contributed by atoms with van der Waals surface area (Å²) >= 11 is 0. The number of carbonyl (C=O) groups excluding carboxylic acids is 1. The van der Waals surface area contributed by atoms with Gasteiger partial charge in [0.25, 0.3) is 0 Å². The molecule has 0 spiro atoms. The molecule has 6 heteroatoms. The zero-order chi connectivity index (χ0) is 19.1. The number of anilines is 1. The number of hydrogen-bond acceptors (Lipinski definition) is 4. The van der Waals surface area contributed by atoms with E-state index in [1.807, 2.05) is 26.0 Å². The zero-order valence-electron chi connectivity index (χ0n) is 15.5. The number of hydrogen-bond donors (Lipinski definition) is 2. The number of nitrogens with one attached hydrogen (secondary N) is 1. The summed E-state index contributed by atoms with van der Waals surface area (Å²) in [7, 11) is 0. The van der Waals surface area contributed by atoms with Gasteiger partial charge in [0.15, 0.2) is 0 Å². The van der Waals surface area contributed by atoms with Gasteiger partial charge in [0.2, 0.25) is 5.91 Å². The summed E-state index contributed by atoms with van der Waals surface area (Å²) in [4.78, 5) is 12.0. The summed E-state index contributed by atoms with van der Waals surface area (Å²) in [6.45, 7) is 5.27. The van der Waals surface area contributed by atoms with Crippen LogP contribution in [-0.4, -0.2) is 20.7 Å². The summed E-state index contributed by atoms with van der Waals surface area (Å²) in [6.07, 6.45) is 6.17. The minimum atomic E-state index is -0.132. The highest BCUT2D eigenvalue weighted by atomic mass is 16.5. The first-order valence-corrected chi connectivity index (χ1v) is 8.92. The average molecular weight is 363 g/mol. The zero-order valence-corrected chi connectivity index (χ0v) is 15.5. The number of aromatic nitrogens is 2. The first-order chi connectivity index (χ1) is 13.0. The Kier molecular flexibility index (Phi) is 4.11. The largest absolute Gasteiger partial charge is 0.508 e. The molecule has 27 heavy (non-hydrogen) atoms. The molecule has 0 fully saturated rings. The van der Waals surface area contributed by atoms with Crippen LogP contribution in [0.15, 0.2) is 28.8 Å². The Balaban J connectivity index is 2.16. The van der Waals surface area contributed by atoms with E-state index in [2.05, 4.69) is 27.2 Å². The Morgan fingerprint density at radius 2 is 1.89 bits per heavy atom. The van der Waals surface area contributed by atoms with Gasteiger partial charge in [-0.15, -0.1) is 0 Å². The van der Waals surface area contributed by atoms with Gasteiger partial charge in [0.05, 0.1) is 28.0 Å². The van der Waals surface area contributed by atoms with Crippen LogP contribution in [0.1, 0.15) is 31.2 Å². The minimum Gasteiger partial charge on any atom is -0.508 e. The third-order valence-electron chi connectivity index (χ3n) is 4.78. The van der Waals surface area contributed by atoms with Gasteiger partial charge in [-0.25, -0.2) is 0 Å². The normalized spacial score (nSPS) is 12.9. The molecular weight excluding hydrogens is 342 g/mol. The van der Waals surface area contributed by atoms with Gasteiger partial charge in [-0.05, 0) is 51.0 Å². The van der Waals surface area contributed by atoms with Crippen LogP contribution in [-0.2, 0) is 4.79 Å². The highest BCUT2D eigenvalue weighted by molar-refractivity contribution is 5.95. The lowest BCUT2D eigenvalue weighted by Gasteiger charge is -2.12. The number of aryl methyl sites for hydroxylation is 2. The highest BCUT2D eigenvalue weighted by Crippen LogP contribution is 2.33. The fraction of sp³-hybridized carbons (Fsp3) is 0.238. The molecule has 4 rings (SSSR count). The van der Waals surface area contributed by atoms with Crippen LogP contribution in [0, 0.1) is 13.8 Å². The maximum atomic E-state index is 12.0. The second-order valence-corrected chi connectivity index (χ2v) is 6.74. The Labute approximate surface area is 156 Å². The Bertz CT molecular complexity index is 1130. The van der Waals surface area contributed by atoms with Crippen molar-refractivity contribution in [3.8, 4) is 22.7 Å². The topological polar surface area (TPSA) is 80.3 Å². The molecule has 0 bridgehead atoms. The number of carbonyl (C=O) groups is 1. The van der Waals surface area contributed by atoms with Crippen LogP contribution in [0.4, 0.5) is 5.69 Å². The lowest BCUT2D eigenvalue weighted by atomic mass is 10.1. The van der Waals surface area contributed by atoms with Gasteiger partial charge < -0.3 is 19.5 Å². The van der Waals surface area contributed by atoms with Crippen molar-refractivity contribution < 1.29 is 14.4 Å². The van der Waals surface area contributed by atoms with Gasteiger partial charge in [0.1, 0.15) is 11.5 Å². The van der Waals surface area contributed by atoms with Gasteiger partial charge in [-0.1, -0.05) is 17.3 Å². The number of phenolic OH excluding ortho intramolecular Hbond substituents is 1. The molecule has 0 saturated carbocycles. The minimum absolute atomic E-state index is 0.132. The standard InChI is InChI=1S/C21H21N3O3/c1-12-19(13(2)27-23-12)21-20(22-14(3)25)17-6-4-5-7-18(17)24(21)15-8-10-16(26)11-9-15/h6-11,26H,4-5H2,1-3H3,(H,22,25). The summed E-state index contributed by atoms with van der Waals surface area (Å²) in [5, 5.41) is 18.8. The maximum Gasteiger partial charge on any atom is 0.221 e. The van der Waals surface area contributed by atoms with E-state index < -0.39 is 0 Å². The number of nitrogens with zero attached hydrogens (tertiary/aromatic N) is 2. The summed E-state index contributed by atoms with van der Waals surface area (Å²) in [5.74, 6) is 0.762. The monoisotopic (exact) mass is 363 g/mol. The maximum absolute atomic E-state index is 12.0. The van der Waals surface area contributed by atoms with E-state index in [4.69, 9.17) is 4.52 Å². The van der Waals surface area contributed by atoms with Crippen molar-refractivity contribution in [1.82, 2.24) is 9.72 Å². The van der Waals surface area contributed by atoms with Crippen LogP contribution < -0.4 is 15.9 Å². The van der Waals surface area contributed by atoms with Crippen molar-refractivity contribution in [3.63, 3.8) is 0 Å². The van der Waals surface area contributed by atoms with Crippen LogP contribution >= 0.6 is 0 Å². The van der Waals surface area contributed by atoms with Crippen molar-refractivity contribution >= 4 is 23.7 Å². The number of aromatic hydroxyl groups is 1. The molecule has 138 valence electrons. The van der Waals surface area contributed by atoms with Crippen molar-refractivity contribution in [2.75, 3.05) is 5.32 Å². The van der Waals surface area contributed by atoms with E-state index in [0.29, 0.717) is 5.76 Å². The van der Waals surface area contributed by atoms with Crippen LogP contribution in [0.3, 0.4) is 0 Å². The van der Waals surface area contributed by atoms with Gasteiger partial charge in [-0.3, -0.25) is 4.79 Å². The van der Waals surface area contributed by atoms with Gasteiger partial charge in [0, 0.05) is 17.8 Å². The van der Waals surface area contributed by atoms with Crippen LogP contribution in [0.25, 0.3) is 29.1 Å². The molecule has 0 unspecified atom stereocenters. The number of rotatable bonds is 3. The highest BCUT2D eigenvalue weighted by Gasteiger charge is 2.24. The summed E-state index contributed by atoms with van der Waals surface area (Å²) in [5.41, 5.74) is 4.11. The molecule has 1 aliphatic rings. The second kappa shape index (κ2) is 6.46. The molecule has 3 aromatic rings. The first-order valence-electron chi connectivity index (χ1n) is 8.92.